The van der Waals surface area contributed by atoms with Gasteiger partial charge in [0.15, 0.2) is 0 Å². The Morgan fingerprint density at radius 3 is 1.94 bits per heavy atom. The average Bonchev–Trinajstić information content (AvgIpc) is 2.35. The summed E-state index contributed by atoms with van der Waals surface area (Å²) in [6, 6.07) is 0.665. The van der Waals surface area contributed by atoms with E-state index in [9.17, 15) is 0 Å². The molecular formula is C15H33NO. The molecule has 104 valence electrons. The maximum absolute atomic E-state index is 9.11. The molecule has 0 aliphatic heterocycles. The molecule has 0 fully saturated rings. The van der Waals surface area contributed by atoms with Gasteiger partial charge < -0.3 is 5.11 Å². The molecule has 0 amide bonds. The summed E-state index contributed by atoms with van der Waals surface area (Å²) >= 11 is 0. The van der Waals surface area contributed by atoms with Gasteiger partial charge in [-0.15, -0.1) is 0 Å². The molecule has 0 atom stereocenters. The van der Waals surface area contributed by atoms with Gasteiger partial charge in [0, 0.05) is 12.6 Å². The highest BCUT2D eigenvalue weighted by Crippen LogP contribution is 2.11. The first-order valence-corrected chi connectivity index (χ1v) is 7.64. The monoisotopic (exact) mass is 243 g/mol. The highest BCUT2D eigenvalue weighted by Gasteiger charge is 2.13. The van der Waals surface area contributed by atoms with Crippen LogP contribution in [0.25, 0.3) is 0 Å². The van der Waals surface area contributed by atoms with Crippen LogP contribution in [0, 0.1) is 0 Å². The second-order valence-electron chi connectivity index (χ2n) is 5.00. The fraction of sp³-hybridized carbons (Fsp3) is 1.00. The summed E-state index contributed by atoms with van der Waals surface area (Å²) < 4.78 is 0. The van der Waals surface area contributed by atoms with E-state index in [0.717, 1.165) is 6.54 Å². The highest BCUT2D eigenvalue weighted by molar-refractivity contribution is 4.68. The van der Waals surface area contributed by atoms with E-state index < -0.39 is 0 Å². The summed E-state index contributed by atoms with van der Waals surface area (Å²) in [5.74, 6) is 0. The molecule has 0 spiro atoms. The summed E-state index contributed by atoms with van der Waals surface area (Å²) in [6.45, 7) is 9.07. The van der Waals surface area contributed by atoms with Gasteiger partial charge in [0.2, 0.25) is 0 Å². The zero-order valence-electron chi connectivity index (χ0n) is 12.2. The van der Waals surface area contributed by atoms with E-state index in [2.05, 4.69) is 25.7 Å². The molecule has 2 nitrogen and oxygen atoms in total. The summed E-state index contributed by atoms with van der Waals surface area (Å²) in [7, 11) is 0. The van der Waals surface area contributed by atoms with Crippen LogP contribution in [0.4, 0.5) is 0 Å². The van der Waals surface area contributed by atoms with Crippen LogP contribution in [-0.4, -0.2) is 35.7 Å². The second kappa shape index (κ2) is 12.4. The predicted octanol–water partition coefficient (Wildman–Crippen LogP) is 3.83. The van der Waals surface area contributed by atoms with Crippen molar-refractivity contribution in [1.29, 1.82) is 0 Å². The normalized spacial score (nSPS) is 11.6. The van der Waals surface area contributed by atoms with Gasteiger partial charge in [-0.25, -0.2) is 0 Å². The summed E-state index contributed by atoms with van der Waals surface area (Å²) in [4.78, 5) is 2.47. The van der Waals surface area contributed by atoms with Crippen molar-refractivity contribution in [3.05, 3.63) is 0 Å². The molecule has 0 bridgehead atoms. The van der Waals surface area contributed by atoms with Gasteiger partial charge in [0.05, 0.1) is 6.61 Å². The van der Waals surface area contributed by atoms with Crippen molar-refractivity contribution in [3.63, 3.8) is 0 Å². The molecule has 17 heavy (non-hydrogen) atoms. The largest absolute Gasteiger partial charge is 0.395 e. The SMILES string of the molecule is CCCCCCCCN(CCO)C(CC)CC. The first-order valence-electron chi connectivity index (χ1n) is 7.64. The van der Waals surface area contributed by atoms with Gasteiger partial charge in [-0.05, 0) is 25.8 Å². The van der Waals surface area contributed by atoms with Crippen molar-refractivity contribution in [3.8, 4) is 0 Å². The molecule has 2 heteroatoms. The maximum atomic E-state index is 9.11. The van der Waals surface area contributed by atoms with E-state index in [-0.39, 0.29) is 0 Å². The Morgan fingerprint density at radius 2 is 1.41 bits per heavy atom. The minimum absolute atomic E-state index is 0.298. The average molecular weight is 243 g/mol. The van der Waals surface area contributed by atoms with E-state index in [4.69, 9.17) is 5.11 Å². The third kappa shape index (κ3) is 8.62. The second-order valence-corrected chi connectivity index (χ2v) is 5.00. The van der Waals surface area contributed by atoms with Gasteiger partial charge in [-0.1, -0.05) is 52.9 Å². The molecule has 0 aliphatic rings. The molecule has 0 unspecified atom stereocenters. The molecule has 0 aromatic heterocycles. The number of hydrogen-bond acceptors (Lipinski definition) is 2. The maximum Gasteiger partial charge on any atom is 0.0558 e. The van der Waals surface area contributed by atoms with E-state index >= 15 is 0 Å². The van der Waals surface area contributed by atoms with Gasteiger partial charge in [-0.2, -0.15) is 0 Å². The summed E-state index contributed by atoms with van der Waals surface area (Å²) in [5, 5.41) is 9.11. The molecule has 0 rings (SSSR count). The van der Waals surface area contributed by atoms with Crippen LogP contribution in [0.5, 0.6) is 0 Å². The van der Waals surface area contributed by atoms with Crippen LogP contribution in [0.3, 0.4) is 0 Å². The van der Waals surface area contributed by atoms with Crippen LogP contribution in [-0.2, 0) is 0 Å². The fourth-order valence-electron chi connectivity index (χ4n) is 2.51. The van der Waals surface area contributed by atoms with Gasteiger partial charge in [0.1, 0.15) is 0 Å². The molecule has 1 N–H and O–H groups in total. The molecule has 0 aliphatic carbocycles. The lowest BCUT2D eigenvalue weighted by atomic mass is 10.1. The molecule has 0 radical (unpaired) electrons. The third-order valence-corrected chi connectivity index (χ3v) is 3.64. The van der Waals surface area contributed by atoms with Crippen molar-refractivity contribution in [2.24, 2.45) is 0 Å². The van der Waals surface area contributed by atoms with Crippen molar-refractivity contribution in [2.75, 3.05) is 19.7 Å². The van der Waals surface area contributed by atoms with Gasteiger partial charge >= 0.3 is 0 Å². The smallest absolute Gasteiger partial charge is 0.0558 e. The minimum atomic E-state index is 0.298. The van der Waals surface area contributed by atoms with Crippen molar-refractivity contribution in [2.45, 2.75) is 78.2 Å². The number of hydrogen-bond donors (Lipinski definition) is 1. The predicted molar refractivity (Wildman–Crippen MR) is 76.4 cm³/mol. The lowest BCUT2D eigenvalue weighted by Gasteiger charge is -2.29. The van der Waals surface area contributed by atoms with E-state index in [1.54, 1.807) is 0 Å². The van der Waals surface area contributed by atoms with Crippen molar-refractivity contribution >= 4 is 0 Å². The quantitative estimate of drug-likeness (QED) is 0.527. The van der Waals surface area contributed by atoms with Crippen LogP contribution >= 0.6 is 0 Å². The highest BCUT2D eigenvalue weighted by atomic mass is 16.3. The van der Waals surface area contributed by atoms with E-state index in [1.807, 2.05) is 0 Å². The first-order chi connectivity index (χ1) is 8.29. The van der Waals surface area contributed by atoms with E-state index in [0.29, 0.717) is 12.6 Å². The van der Waals surface area contributed by atoms with Crippen LogP contribution in [0.1, 0.15) is 72.1 Å². The Morgan fingerprint density at radius 1 is 0.824 bits per heavy atom. The molecule has 0 aromatic carbocycles. The standard InChI is InChI=1S/C15H33NO/c1-4-7-8-9-10-11-12-16(13-14-17)15(5-2)6-3/h15,17H,4-14H2,1-3H3. The molecule has 0 heterocycles. The Labute approximate surface area is 108 Å². The number of rotatable bonds is 12. The van der Waals surface area contributed by atoms with E-state index in [1.165, 1.54) is 57.9 Å². The first kappa shape index (κ1) is 16.9. The molecule has 0 saturated carbocycles. The van der Waals surface area contributed by atoms with Crippen molar-refractivity contribution in [1.82, 2.24) is 4.90 Å². The van der Waals surface area contributed by atoms with Crippen molar-refractivity contribution < 1.29 is 5.11 Å². The Bertz CT molecular complexity index is 146. The van der Waals surface area contributed by atoms with Crippen LogP contribution in [0.2, 0.25) is 0 Å². The summed E-state index contributed by atoms with van der Waals surface area (Å²) in [6.07, 6.45) is 10.5. The zero-order valence-corrected chi connectivity index (χ0v) is 12.2. The Kier molecular flexibility index (Phi) is 12.3. The number of aliphatic hydroxyl groups is 1. The zero-order chi connectivity index (χ0) is 12.9. The Hall–Kier alpha value is -0.0800. The van der Waals surface area contributed by atoms with Crippen LogP contribution < -0.4 is 0 Å². The molecule has 0 saturated heterocycles. The van der Waals surface area contributed by atoms with Gasteiger partial charge in [0.25, 0.3) is 0 Å². The number of nitrogens with zero attached hydrogens (tertiary/aromatic N) is 1. The number of unbranched alkanes of at least 4 members (excludes halogenated alkanes) is 5. The summed E-state index contributed by atoms with van der Waals surface area (Å²) in [5.41, 5.74) is 0. The minimum Gasteiger partial charge on any atom is -0.395 e. The Balaban J connectivity index is 3.69. The topological polar surface area (TPSA) is 23.5 Å². The molecular weight excluding hydrogens is 210 g/mol. The number of aliphatic hydroxyl groups excluding tert-OH is 1. The fourth-order valence-corrected chi connectivity index (χ4v) is 2.51. The molecule has 0 aromatic rings. The lowest BCUT2D eigenvalue weighted by molar-refractivity contribution is 0.141. The van der Waals surface area contributed by atoms with Crippen LogP contribution in [0.15, 0.2) is 0 Å². The lowest BCUT2D eigenvalue weighted by Crippen LogP contribution is -2.37. The van der Waals surface area contributed by atoms with Gasteiger partial charge in [-0.3, -0.25) is 4.90 Å². The third-order valence-electron chi connectivity index (χ3n) is 3.64.